The number of nitrogens with one attached hydrogen (secondary N) is 1. The number of halogens is 1. The zero-order valence-corrected chi connectivity index (χ0v) is 22.2. The van der Waals surface area contributed by atoms with Crippen molar-refractivity contribution >= 4 is 21.7 Å². The molecule has 2 atom stereocenters. The fourth-order valence-electron chi connectivity index (χ4n) is 3.39. The van der Waals surface area contributed by atoms with Gasteiger partial charge in [0.1, 0.15) is 18.1 Å². The molecule has 0 fully saturated rings. The van der Waals surface area contributed by atoms with Gasteiger partial charge in [0, 0.05) is 12.3 Å². The van der Waals surface area contributed by atoms with Gasteiger partial charge in [-0.3, -0.25) is 9.59 Å². The summed E-state index contributed by atoms with van der Waals surface area (Å²) in [5, 5.41) is 26.5. The van der Waals surface area contributed by atoms with E-state index in [9.17, 15) is 32.6 Å². The molecule has 2 unspecified atom stereocenters. The molecule has 0 bridgehead atoms. The Bertz CT molecular complexity index is 1410. The van der Waals surface area contributed by atoms with Gasteiger partial charge in [-0.1, -0.05) is 45.0 Å². The third kappa shape index (κ3) is 7.17. The highest BCUT2D eigenvalue weighted by Crippen LogP contribution is 2.26. The summed E-state index contributed by atoms with van der Waals surface area (Å²) in [7, 11) is -3.47. The van der Waals surface area contributed by atoms with Crippen LogP contribution in [0.15, 0.2) is 59.5 Å². The molecule has 3 N–H and O–H groups in total. The number of rotatable bonds is 10. The zero-order chi connectivity index (χ0) is 28.3. The van der Waals surface area contributed by atoms with Crippen molar-refractivity contribution in [1.82, 2.24) is 15.1 Å². The first-order valence-electron chi connectivity index (χ1n) is 11.7. The predicted octanol–water partition coefficient (Wildman–Crippen LogP) is 3.15. The number of carboxylic acids is 1. The number of amides is 1. The maximum Gasteiger partial charge on any atom is 0.305 e. The average molecular weight is 548 g/mol. The van der Waals surface area contributed by atoms with Crippen molar-refractivity contribution in [2.45, 2.75) is 44.2 Å². The molecule has 0 aliphatic rings. The Kier molecular flexibility index (Phi) is 8.58. The summed E-state index contributed by atoms with van der Waals surface area (Å²) in [4.78, 5) is 24.7. The monoisotopic (exact) mass is 547 g/mol. The number of hydrogen-bond acceptors (Lipinski definition) is 7. The molecule has 3 rings (SSSR count). The van der Waals surface area contributed by atoms with Gasteiger partial charge in [-0.25, -0.2) is 12.8 Å². The van der Waals surface area contributed by atoms with E-state index in [1.54, 1.807) is 6.07 Å². The molecule has 3 aromatic rings. The lowest BCUT2D eigenvalue weighted by atomic mass is 9.90. The summed E-state index contributed by atoms with van der Waals surface area (Å²) in [6.45, 7) is 5.30. The molecule has 1 aromatic heterocycles. The lowest BCUT2D eigenvalue weighted by Gasteiger charge is -2.25. The molecule has 38 heavy (non-hydrogen) atoms. The Morgan fingerprint density at radius 1 is 1.13 bits per heavy atom. The van der Waals surface area contributed by atoms with Gasteiger partial charge in [0.05, 0.1) is 23.5 Å². The lowest BCUT2D eigenvalue weighted by molar-refractivity contribution is -0.137. The number of carbonyl (C=O) groups excluding carboxylic acids is 1. The molecule has 1 heterocycles. The highest BCUT2D eigenvalue weighted by Gasteiger charge is 2.26. The number of para-hydroxylation sites is 1. The number of ether oxygens (including phenoxy) is 1. The largest absolute Gasteiger partial charge is 0.481 e. The highest BCUT2D eigenvalue weighted by atomic mass is 32.2. The third-order valence-electron chi connectivity index (χ3n) is 5.77. The first-order chi connectivity index (χ1) is 17.7. The van der Waals surface area contributed by atoms with E-state index in [1.165, 1.54) is 48.5 Å². The summed E-state index contributed by atoms with van der Waals surface area (Å²) in [5.74, 6) is -2.59. The van der Waals surface area contributed by atoms with Gasteiger partial charge < -0.3 is 20.3 Å². The number of benzene rings is 2. The van der Waals surface area contributed by atoms with Gasteiger partial charge in [0.15, 0.2) is 15.5 Å². The SMILES string of the molecule is CC(C)(C)C(O)COc1cc(C(=O)NC(CC(=O)O)c2ccc(S(C)(=O)=O)cc2)nn1-c1ccccc1F. The average Bonchev–Trinajstić information content (AvgIpc) is 3.25. The minimum Gasteiger partial charge on any atom is -0.481 e. The molecule has 0 aliphatic heterocycles. The summed E-state index contributed by atoms with van der Waals surface area (Å²) in [6, 6.07) is 11.5. The van der Waals surface area contributed by atoms with Crippen molar-refractivity contribution in [2.24, 2.45) is 5.41 Å². The second-order valence-corrected chi connectivity index (χ2v) is 11.9. The number of aliphatic carboxylic acids is 1. The first kappa shape index (κ1) is 28.8. The van der Waals surface area contributed by atoms with Gasteiger partial charge in [-0.2, -0.15) is 9.78 Å². The summed E-state index contributed by atoms with van der Waals surface area (Å²) in [6.07, 6.45) is -0.317. The van der Waals surface area contributed by atoms with Crippen LogP contribution < -0.4 is 10.1 Å². The highest BCUT2D eigenvalue weighted by molar-refractivity contribution is 7.90. The molecule has 0 saturated heterocycles. The number of nitrogens with zero attached hydrogens (tertiary/aromatic N) is 2. The van der Waals surface area contributed by atoms with Crippen LogP contribution in [0, 0.1) is 11.2 Å². The molecular formula is C26H30FN3O7S. The number of aliphatic hydroxyl groups is 1. The molecule has 2 aromatic carbocycles. The molecule has 0 saturated carbocycles. The number of hydrogen-bond donors (Lipinski definition) is 3. The van der Waals surface area contributed by atoms with E-state index >= 15 is 0 Å². The van der Waals surface area contributed by atoms with E-state index < -0.39 is 51.5 Å². The standard InChI is InChI=1S/C26H30FN3O7S/c1-26(2,3)22(31)15-37-23-13-20(29-30(23)21-8-6-5-7-18(21)27)25(34)28-19(14-24(32)33)16-9-11-17(12-10-16)38(4,35)36/h5-13,19,22,31H,14-15H2,1-4H3,(H,28,34)(H,32,33). The Labute approximate surface area is 220 Å². The number of carbonyl (C=O) groups is 2. The first-order valence-corrected chi connectivity index (χ1v) is 13.5. The van der Waals surface area contributed by atoms with Crippen molar-refractivity contribution in [3.8, 4) is 11.6 Å². The number of carboxylic acid groups (broad SMARTS) is 1. The van der Waals surface area contributed by atoms with Crippen LogP contribution in [0.4, 0.5) is 4.39 Å². The van der Waals surface area contributed by atoms with Crippen molar-refractivity contribution in [1.29, 1.82) is 0 Å². The van der Waals surface area contributed by atoms with E-state index in [0.717, 1.165) is 10.9 Å². The van der Waals surface area contributed by atoms with Gasteiger partial charge in [-0.15, -0.1) is 0 Å². The van der Waals surface area contributed by atoms with Crippen LogP contribution in [0.5, 0.6) is 5.88 Å². The fourth-order valence-corrected chi connectivity index (χ4v) is 4.02. The molecule has 1 amide bonds. The molecule has 0 radical (unpaired) electrons. The van der Waals surface area contributed by atoms with Crippen LogP contribution in [0.1, 0.15) is 49.3 Å². The number of aliphatic hydroxyl groups excluding tert-OH is 1. The second kappa shape index (κ2) is 11.3. The molecule has 0 spiro atoms. The number of aromatic nitrogens is 2. The Balaban J connectivity index is 1.93. The summed E-state index contributed by atoms with van der Waals surface area (Å²) >= 11 is 0. The fraction of sp³-hybridized carbons (Fsp3) is 0.346. The minimum absolute atomic E-state index is 0.00385. The lowest BCUT2D eigenvalue weighted by Crippen LogP contribution is -2.32. The zero-order valence-electron chi connectivity index (χ0n) is 21.4. The third-order valence-corrected chi connectivity index (χ3v) is 6.90. The normalized spacial score (nSPS) is 13.5. The molecule has 12 heteroatoms. The summed E-state index contributed by atoms with van der Waals surface area (Å²) in [5.41, 5.74) is -0.312. The van der Waals surface area contributed by atoms with E-state index in [-0.39, 0.29) is 28.8 Å². The molecule has 204 valence electrons. The predicted molar refractivity (Wildman–Crippen MR) is 136 cm³/mol. The van der Waals surface area contributed by atoms with Crippen molar-refractivity contribution < 1.29 is 37.3 Å². The van der Waals surface area contributed by atoms with Crippen LogP contribution >= 0.6 is 0 Å². The second-order valence-electron chi connectivity index (χ2n) is 9.89. The van der Waals surface area contributed by atoms with E-state index in [2.05, 4.69) is 10.4 Å². The Morgan fingerprint density at radius 2 is 1.76 bits per heavy atom. The Morgan fingerprint density at radius 3 is 2.32 bits per heavy atom. The van der Waals surface area contributed by atoms with Crippen molar-refractivity contribution in [3.63, 3.8) is 0 Å². The topological polar surface area (TPSA) is 148 Å². The van der Waals surface area contributed by atoms with Crippen LogP contribution in [-0.2, 0) is 14.6 Å². The summed E-state index contributed by atoms with van der Waals surface area (Å²) < 4.78 is 44.9. The Hall–Kier alpha value is -3.77. The van der Waals surface area contributed by atoms with E-state index in [1.807, 2.05) is 20.8 Å². The quantitative estimate of drug-likeness (QED) is 0.351. The molecule has 10 nitrogen and oxygen atoms in total. The minimum atomic E-state index is -3.47. The van der Waals surface area contributed by atoms with E-state index in [4.69, 9.17) is 4.74 Å². The van der Waals surface area contributed by atoms with E-state index in [0.29, 0.717) is 5.56 Å². The van der Waals surface area contributed by atoms with Crippen LogP contribution in [0.3, 0.4) is 0 Å². The van der Waals surface area contributed by atoms with Gasteiger partial charge in [-0.05, 0) is 35.2 Å². The van der Waals surface area contributed by atoms with Gasteiger partial charge >= 0.3 is 5.97 Å². The van der Waals surface area contributed by atoms with Crippen LogP contribution in [-0.4, -0.2) is 59.3 Å². The smallest absolute Gasteiger partial charge is 0.305 e. The van der Waals surface area contributed by atoms with Crippen LogP contribution in [0.25, 0.3) is 5.69 Å². The van der Waals surface area contributed by atoms with Crippen LogP contribution in [0.2, 0.25) is 0 Å². The molecule has 0 aliphatic carbocycles. The number of sulfone groups is 1. The van der Waals surface area contributed by atoms with Gasteiger partial charge in [0.2, 0.25) is 5.88 Å². The molecular weight excluding hydrogens is 517 g/mol. The van der Waals surface area contributed by atoms with Crippen molar-refractivity contribution in [2.75, 3.05) is 12.9 Å². The van der Waals surface area contributed by atoms with Crippen molar-refractivity contribution in [3.05, 3.63) is 71.7 Å². The maximum atomic E-state index is 14.6. The van der Waals surface area contributed by atoms with Gasteiger partial charge in [0.25, 0.3) is 5.91 Å². The maximum absolute atomic E-state index is 14.6.